The normalized spacial score (nSPS) is 24.0. The van der Waals surface area contributed by atoms with Crippen LogP contribution in [0.3, 0.4) is 0 Å². The Morgan fingerprint density at radius 3 is 1.89 bits per heavy atom. The van der Waals surface area contributed by atoms with Crippen LogP contribution in [0.2, 0.25) is 0 Å². The smallest absolute Gasteiger partial charge is 0.0200 e. The highest BCUT2D eigenvalue weighted by Gasteiger charge is 2.36. The monoisotopic (exact) mass is 127 g/mol. The molecule has 0 atom stereocenters. The summed E-state index contributed by atoms with van der Waals surface area (Å²) in [5, 5.41) is 0. The first-order chi connectivity index (χ1) is 4.21. The fraction of sp³-hybridized carbons (Fsp3) is 1.00. The van der Waals surface area contributed by atoms with Crippen LogP contribution in [0.25, 0.3) is 0 Å². The van der Waals surface area contributed by atoms with E-state index in [1.165, 1.54) is 25.7 Å². The Kier molecular flexibility index (Phi) is 1.80. The standard InChI is InChI=1S/C8H17N/c1-4-8(9(2)3)6-5-7-8/h4-7H2,1-3H3. The summed E-state index contributed by atoms with van der Waals surface area (Å²) >= 11 is 0. The van der Waals surface area contributed by atoms with Crippen LogP contribution >= 0.6 is 0 Å². The molecule has 0 saturated heterocycles. The summed E-state index contributed by atoms with van der Waals surface area (Å²) in [5.74, 6) is 0. The molecule has 0 aromatic carbocycles. The molecule has 0 aromatic rings. The second kappa shape index (κ2) is 2.30. The first kappa shape index (κ1) is 7.07. The summed E-state index contributed by atoms with van der Waals surface area (Å²) in [6.07, 6.45) is 5.58. The van der Waals surface area contributed by atoms with Crippen molar-refractivity contribution in [1.29, 1.82) is 0 Å². The van der Waals surface area contributed by atoms with Crippen LogP contribution in [0, 0.1) is 0 Å². The van der Waals surface area contributed by atoms with Gasteiger partial charge in [0.2, 0.25) is 0 Å². The molecule has 0 amide bonds. The van der Waals surface area contributed by atoms with Gasteiger partial charge in [-0.3, -0.25) is 0 Å². The van der Waals surface area contributed by atoms with Crippen LogP contribution in [-0.2, 0) is 0 Å². The van der Waals surface area contributed by atoms with Crippen molar-refractivity contribution < 1.29 is 0 Å². The Labute approximate surface area is 58.0 Å². The van der Waals surface area contributed by atoms with Gasteiger partial charge >= 0.3 is 0 Å². The lowest BCUT2D eigenvalue weighted by Crippen LogP contribution is -2.49. The predicted molar refractivity (Wildman–Crippen MR) is 40.6 cm³/mol. The van der Waals surface area contributed by atoms with E-state index in [1.807, 2.05) is 0 Å². The minimum Gasteiger partial charge on any atom is -0.304 e. The van der Waals surface area contributed by atoms with E-state index in [-0.39, 0.29) is 0 Å². The van der Waals surface area contributed by atoms with Gasteiger partial charge in [-0.15, -0.1) is 0 Å². The van der Waals surface area contributed by atoms with Crippen LogP contribution < -0.4 is 0 Å². The number of hydrogen-bond acceptors (Lipinski definition) is 1. The molecule has 1 aliphatic rings. The van der Waals surface area contributed by atoms with Crippen LogP contribution in [0.5, 0.6) is 0 Å². The van der Waals surface area contributed by atoms with Crippen LogP contribution in [-0.4, -0.2) is 24.5 Å². The first-order valence-corrected chi connectivity index (χ1v) is 3.89. The van der Waals surface area contributed by atoms with Gasteiger partial charge in [0.25, 0.3) is 0 Å². The van der Waals surface area contributed by atoms with Crippen molar-refractivity contribution in [3.63, 3.8) is 0 Å². The minimum absolute atomic E-state index is 0.597. The third-order valence-corrected chi connectivity index (χ3v) is 2.89. The third-order valence-electron chi connectivity index (χ3n) is 2.89. The van der Waals surface area contributed by atoms with E-state index in [0.717, 1.165) is 0 Å². The molecule has 0 aromatic heterocycles. The van der Waals surface area contributed by atoms with Crippen LogP contribution in [0.4, 0.5) is 0 Å². The number of nitrogens with zero attached hydrogens (tertiary/aromatic N) is 1. The third kappa shape index (κ3) is 0.983. The van der Waals surface area contributed by atoms with Gasteiger partial charge in [0.15, 0.2) is 0 Å². The van der Waals surface area contributed by atoms with Gasteiger partial charge in [0.1, 0.15) is 0 Å². The van der Waals surface area contributed by atoms with Crippen LogP contribution in [0.15, 0.2) is 0 Å². The molecule has 1 aliphatic carbocycles. The average Bonchev–Trinajstić information content (AvgIpc) is 1.62. The fourth-order valence-corrected chi connectivity index (χ4v) is 1.70. The summed E-state index contributed by atoms with van der Waals surface area (Å²) in [7, 11) is 4.39. The van der Waals surface area contributed by atoms with Crippen molar-refractivity contribution in [2.45, 2.75) is 38.1 Å². The average molecular weight is 127 g/mol. The van der Waals surface area contributed by atoms with Gasteiger partial charge in [0.05, 0.1) is 0 Å². The molecule has 54 valence electrons. The van der Waals surface area contributed by atoms with E-state index < -0.39 is 0 Å². The summed E-state index contributed by atoms with van der Waals surface area (Å²) in [6, 6.07) is 0. The molecule has 1 nitrogen and oxygen atoms in total. The molecule has 1 heteroatoms. The molecule has 0 radical (unpaired) electrons. The molecule has 0 bridgehead atoms. The summed E-state index contributed by atoms with van der Waals surface area (Å²) in [6.45, 7) is 2.29. The second-order valence-corrected chi connectivity index (χ2v) is 3.33. The zero-order valence-electron chi connectivity index (χ0n) is 6.78. The molecular formula is C8H17N. The summed E-state index contributed by atoms with van der Waals surface area (Å²) < 4.78 is 0. The molecule has 0 unspecified atom stereocenters. The van der Waals surface area contributed by atoms with Gasteiger partial charge in [-0.25, -0.2) is 0 Å². The summed E-state index contributed by atoms with van der Waals surface area (Å²) in [5.41, 5.74) is 0.597. The van der Waals surface area contributed by atoms with Gasteiger partial charge in [-0.1, -0.05) is 6.92 Å². The lowest BCUT2D eigenvalue weighted by Gasteiger charge is -2.46. The van der Waals surface area contributed by atoms with E-state index >= 15 is 0 Å². The quantitative estimate of drug-likeness (QED) is 0.547. The van der Waals surface area contributed by atoms with E-state index in [9.17, 15) is 0 Å². The van der Waals surface area contributed by atoms with Crippen molar-refractivity contribution in [3.05, 3.63) is 0 Å². The maximum atomic E-state index is 2.39. The molecule has 9 heavy (non-hydrogen) atoms. The Morgan fingerprint density at radius 2 is 1.89 bits per heavy atom. The molecule has 0 aliphatic heterocycles. The highest BCUT2D eigenvalue weighted by Crippen LogP contribution is 2.38. The van der Waals surface area contributed by atoms with Crippen LogP contribution in [0.1, 0.15) is 32.6 Å². The number of rotatable bonds is 2. The van der Waals surface area contributed by atoms with E-state index in [2.05, 4.69) is 25.9 Å². The first-order valence-electron chi connectivity index (χ1n) is 3.89. The van der Waals surface area contributed by atoms with Crippen molar-refractivity contribution in [1.82, 2.24) is 4.90 Å². The Balaban J connectivity index is 2.46. The molecular weight excluding hydrogens is 110 g/mol. The highest BCUT2D eigenvalue weighted by molar-refractivity contribution is 4.94. The fourth-order valence-electron chi connectivity index (χ4n) is 1.70. The van der Waals surface area contributed by atoms with E-state index in [4.69, 9.17) is 0 Å². The zero-order valence-corrected chi connectivity index (χ0v) is 6.78. The van der Waals surface area contributed by atoms with Crippen molar-refractivity contribution in [3.8, 4) is 0 Å². The Morgan fingerprint density at radius 1 is 1.33 bits per heavy atom. The summed E-state index contributed by atoms with van der Waals surface area (Å²) in [4.78, 5) is 2.39. The van der Waals surface area contributed by atoms with E-state index in [0.29, 0.717) is 5.54 Å². The van der Waals surface area contributed by atoms with Gasteiger partial charge in [-0.05, 0) is 39.8 Å². The maximum Gasteiger partial charge on any atom is 0.0200 e. The predicted octanol–water partition coefficient (Wildman–Crippen LogP) is 1.88. The van der Waals surface area contributed by atoms with Crippen molar-refractivity contribution in [2.75, 3.05) is 14.1 Å². The zero-order chi connectivity index (χ0) is 6.91. The lowest BCUT2D eigenvalue weighted by atomic mass is 9.74. The molecule has 1 rings (SSSR count). The van der Waals surface area contributed by atoms with Gasteiger partial charge in [0, 0.05) is 5.54 Å². The molecule has 0 spiro atoms. The highest BCUT2D eigenvalue weighted by atomic mass is 15.2. The number of hydrogen-bond donors (Lipinski definition) is 0. The topological polar surface area (TPSA) is 3.24 Å². The molecule has 1 fully saturated rings. The molecule has 0 N–H and O–H groups in total. The minimum atomic E-state index is 0.597. The van der Waals surface area contributed by atoms with E-state index in [1.54, 1.807) is 0 Å². The Hall–Kier alpha value is -0.0400. The van der Waals surface area contributed by atoms with Crippen molar-refractivity contribution in [2.24, 2.45) is 0 Å². The lowest BCUT2D eigenvalue weighted by molar-refractivity contribution is 0.0565. The Bertz CT molecular complexity index is 87.2. The second-order valence-electron chi connectivity index (χ2n) is 3.33. The van der Waals surface area contributed by atoms with Gasteiger partial charge in [-0.2, -0.15) is 0 Å². The van der Waals surface area contributed by atoms with Gasteiger partial charge < -0.3 is 4.90 Å². The maximum absolute atomic E-state index is 2.39. The molecule has 1 saturated carbocycles. The van der Waals surface area contributed by atoms with Crippen molar-refractivity contribution >= 4 is 0 Å². The molecule has 0 heterocycles. The SMILES string of the molecule is CCC1(N(C)C)CCC1. The largest absolute Gasteiger partial charge is 0.304 e.